The quantitative estimate of drug-likeness (QED) is 0.656. The molecule has 2 aromatic heterocycles. The summed E-state index contributed by atoms with van der Waals surface area (Å²) in [6.07, 6.45) is 0. The molecule has 0 saturated heterocycles. The molecule has 0 spiro atoms. The smallest absolute Gasteiger partial charge is 0.313 e. The average molecular weight is 455 g/mol. The number of carbonyl (C=O) groups is 1. The molecule has 2 heterocycles. The van der Waals surface area contributed by atoms with Crippen molar-refractivity contribution in [2.75, 3.05) is 5.75 Å². The fourth-order valence-corrected chi connectivity index (χ4v) is 5.20. The number of aliphatic carboxylic acids is 1. The molecule has 0 aliphatic rings. The third-order valence-electron chi connectivity index (χ3n) is 2.49. The van der Waals surface area contributed by atoms with Gasteiger partial charge in [0.15, 0.2) is 11.0 Å². The molecule has 0 atom stereocenters. The van der Waals surface area contributed by atoms with E-state index < -0.39 is 5.97 Å². The first-order valence-corrected chi connectivity index (χ1v) is 9.50. The lowest BCUT2D eigenvalue weighted by atomic mass is 10.2. The second kappa shape index (κ2) is 7.26. The molecule has 2 rings (SSSR count). The molecular formula is C12H13Br2N3O2S2. The Morgan fingerprint density at radius 2 is 2.19 bits per heavy atom. The minimum atomic E-state index is -0.861. The Labute approximate surface area is 147 Å². The standard InChI is InChI=1S/C12H13Br2N3O2S2/c1-6(2)4-17-11(7-3-8(13)21-10(7)14)15-16-12(17)20-5-9(18)19/h3,6H,4-5H2,1-2H3,(H,18,19). The first-order chi connectivity index (χ1) is 9.88. The molecule has 114 valence electrons. The Morgan fingerprint density at radius 3 is 2.71 bits per heavy atom. The maximum atomic E-state index is 10.8. The SMILES string of the molecule is CC(C)Cn1c(SCC(=O)O)nnc1-c1cc(Br)sc1Br. The Balaban J connectivity index is 2.41. The summed E-state index contributed by atoms with van der Waals surface area (Å²) in [5.41, 5.74) is 0.960. The van der Waals surface area contributed by atoms with Crippen LogP contribution in [-0.4, -0.2) is 31.6 Å². The summed E-state index contributed by atoms with van der Waals surface area (Å²) in [4.78, 5) is 10.8. The zero-order valence-corrected chi connectivity index (χ0v) is 16.1. The van der Waals surface area contributed by atoms with E-state index in [-0.39, 0.29) is 5.75 Å². The number of hydrogen-bond donors (Lipinski definition) is 1. The van der Waals surface area contributed by atoms with Gasteiger partial charge in [0.1, 0.15) is 0 Å². The summed E-state index contributed by atoms with van der Waals surface area (Å²) >= 11 is 9.75. The number of rotatable bonds is 6. The van der Waals surface area contributed by atoms with Gasteiger partial charge in [-0.25, -0.2) is 0 Å². The van der Waals surface area contributed by atoms with Crippen LogP contribution in [0.1, 0.15) is 13.8 Å². The Kier molecular flexibility index (Phi) is 5.87. The number of carboxylic acid groups (broad SMARTS) is 1. The van der Waals surface area contributed by atoms with Gasteiger partial charge in [-0.1, -0.05) is 25.6 Å². The minimum Gasteiger partial charge on any atom is -0.481 e. The molecule has 0 radical (unpaired) electrons. The Bertz CT molecular complexity index is 655. The molecule has 0 saturated carbocycles. The lowest BCUT2D eigenvalue weighted by Gasteiger charge is -2.11. The molecule has 21 heavy (non-hydrogen) atoms. The first kappa shape index (κ1) is 17.0. The highest BCUT2D eigenvalue weighted by Crippen LogP contribution is 2.38. The van der Waals surface area contributed by atoms with E-state index in [2.05, 4.69) is 55.9 Å². The Hall–Kier alpha value is -0.380. The van der Waals surface area contributed by atoms with Gasteiger partial charge in [0.2, 0.25) is 0 Å². The van der Waals surface area contributed by atoms with E-state index in [0.717, 1.165) is 25.5 Å². The second-order valence-electron chi connectivity index (χ2n) is 4.73. The van der Waals surface area contributed by atoms with Crippen LogP contribution < -0.4 is 0 Å². The van der Waals surface area contributed by atoms with Gasteiger partial charge in [0.25, 0.3) is 0 Å². The fraction of sp³-hybridized carbons (Fsp3) is 0.417. The van der Waals surface area contributed by atoms with Crippen LogP contribution in [0, 0.1) is 5.92 Å². The van der Waals surface area contributed by atoms with Crippen molar-refractivity contribution < 1.29 is 9.90 Å². The van der Waals surface area contributed by atoms with Crippen molar-refractivity contribution in [2.24, 2.45) is 5.92 Å². The van der Waals surface area contributed by atoms with Crippen LogP contribution in [0.15, 0.2) is 18.8 Å². The summed E-state index contributed by atoms with van der Waals surface area (Å²) in [6, 6.07) is 1.99. The van der Waals surface area contributed by atoms with Gasteiger partial charge in [0.05, 0.1) is 13.3 Å². The van der Waals surface area contributed by atoms with Crippen LogP contribution in [-0.2, 0) is 11.3 Å². The highest BCUT2D eigenvalue weighted by molar-refractivity contribution is 9.12. The van der Waals surface area contributed by atoms with Crippen molar-refractivity contribution in [1.29, 1.82) is 0 Å². The number of halogens is 2. The molecule has 0 bridgehead atoms. The van der Waals surface area contributed by atoms with Gasteiger partial charge in [-0.3, -0.25) is 4.79 Å². The van der Waals surface area contributed by atoms with Crippen LogP contribution >= 0.6 is 55.0 Å². The molecule has 0 unspecified atom stereocenters. The average Bonchev–Trinajstić information content (AvgIpc) is 2.89. The third kappa shape index (κ3) is 4.30. The summed E-state index contributed by atoms with van der Waals surface area (Å²) in [6.45, 7) is 4.95. The van der Waals surface area contributed by atoms with Crippen molar-refractivity contribution in [3.8, 4) is 11.4 Å². The van der Waals surface area contributed by atoms with Gasteiger partial charge in [-0.15, -0.1) is 21.5 Å². The number of nitrogens with zero attached hydrogens (tertiary/aromatic N) is 3. The lowest BCUT2D eigenvalue weighted by molar-refractivity contribution is -0.133. The first-order valence-electron chi connectivity index (χ1n) is 6.11. The summed E-state index contributed by atoms with van der Waals surface area (Å²) < 4.78 is 3.96. The highest BCUT2D eigenvalue weighted by atomic mass is 79.9. The largest absolute Gasteiger partial charge is 0.481 e. The molecule has 0 aliphatic carbocycles. The van der Waals surface area contributed by atoms with E-state index in [9.17, 15) is 4.79 Å². The van der Waals surface area contributed by atoms with Crippen LogP contribution in [0.5, 0.6) is 0 Å². The normalized spacial score (nSPS) is 11.3. The minimum absolute atomic E-state index is 0.0231. The van der Waals surface area contributed by atoms with Gasteiger partial charge in [-0.2, -0.15) is 0 Å². The van der Waals surface area contributed by atoms with Crippen LogP contribution in [0.2, 0.25) is 0 Å². The molecule has 1 N–H and O–H groups in total. The Morgan fingerprint density at radius 1 is 1.48 bits per heavy atom. The highest BCUT2D eigenvalue weighted by Gasteiger charge is 2.19. The van der Waals surface area contributed by atoms with E-state index in [4.69, 9.17) is 5.11 Å². The number of aromatic nitrogens is 3. The topological polar surface area (TPSA) is 68.0 Å². The molecule has 0 aromatic carbocycles. The van der Waals surface area contributed by atoms with Gasteiger partial charge >= 0.3 is 5.97 Å². The predicted molar refractivity (Wildman–Crippen MR) is 91.9 cm³/mol. The summed E-state index contributed by atoms with van der Waals surface area (Å²) in [5, 5.41) is 17.9. The summed E-state index contributed by atoms with van der Waals surface area (Å²) in [7, 11) is 0. The maximum absolute atomic E-state index is 10.8. The number of thiophene rings is 1. The third-order valence-corrected chi connectivity index (χ3v) is 5.78. The number of carboxylic acids is 1. The monoisotopic (exact) mass is 453 g/mol. The molecule has 0 aliphatic heterocycles. The predicted octanol–water partition coefficient (Wildman–Crippen LogP) is 4.36. The molecule has 0 amide bonds. The second-order valence-corrected chi connectivity index (χ2v) is 9.42. The maximum Gasteiger partial charge on any atom is 0.313 e. The van der Waals surface area contributed by atoms with Crippen molar-refractivity contribution in [2.45, 2.75) is 25.5 Å². The van der Waals surface area contributed by atoms with Crippen molar-refractivity contribution >= 4 is 60.9 Å². The van der Waals surface area contributed by atoms with Crippen molar-refractivity contribution in [3.63, 3.8) is 0 Å². The van der Waals surface area contributed by atoms with Gasteiger partial charge in [-0.05, 0) is 43.8 Å². The van der Waals surface area contributed by atoms with Gasteiger partial charge < -0.3 is 9.67 Å². The number of hydrogen-bond acceptors (Lipinski definition) is 5. The number of thioether (sulfide) groups is 1. The van der Waals surface area contributed by atoms with Crippen LogP contribution in [0.4, 0.5) is 0 Å². The zero-order chi connectivity index (χ0) is 15.6. The molecule has 9 heteroatoms. The van der Waals surface area contributed by atoms with Gasteiger partial charge in [0, 0.05) is 12.1 Å². The van der Waals surface area contributed by atoms with Crippen LogP contribution in [0.25, 0.3) is 11.4 Å². The van der Waals surface area contributed by atoms with Crippen LogP contribution in [0.3, 0.4) is 0 Å². The van der Waals surface area contributed by atoms with E-state index in [1.807, 2.05) is 10.6 Å². The lowest BCUT2D eigenvalue weighted by Crippen LogP contribution is -2.09. The molecule has 2 aromatic rings. The molecule has 5 nitrogen and oxygen atoms in total. The molecular weight excluding hydrogens is 442 g/mol. The van der Waals surface area contributed by atoms with Crippen molar-refractivity contribution in [1.82, 2.24) is 14.8 Å². The molecule has 0 fully saturated rings. The van der Waals surface area contributed by atoms with Crippen molar-refractivity contribution in [3.05, 3.63) is 13.6 Å². The van der Waals surface area contributed by atoms with E-state index in [1.54, 1.807) is 11.3 Å². The fourth-order valence-electron chi connectivity index (χ4n) is 1.74. The van der Waals surface area contributed by atoms with E-state index >= 15 is 0 Å². The zero-order valence-electron chi connectivity index (χ0n) is 11.3. The van der Waals surface area contributed by atoms with E-state index in [0.29, 0.717) is 11.1 Å². The summed E-state index contributed by atoms with van der Waals surface area (Å²) in [5.74, 6) is 0.278. The van der Waals surface area contributed by atoms with E-state index in [1.165, 1.54) is 11.8 Å².